The second-order valence-electron chi connectivity index (χ2n) is 6.61. The molecule has 0 aliphatic rings. The van der Waals surface area contributed by atoms with E-state index in [1.807, 2.05) is 24.3 Å². The predicted molar refractivity (Wildman–Crippen MR) is 110 cm³/mol. The number of benzene rings is 2. The van der Waals surface area contributed by atoms with Gasteiger partial charge in [-0.25, -0.2) is 0 Å². The molecular formula is C18H24N2O6S2. The van der Waals surface area contributed by atoms with E-state index in [9.17, 15) is 16.8 Å². The summed E-state index contributed by atoms with van der Waals surface area (Å²) in [6.45, 7) is 0. The van der Waals surface area contributed by atoms with Crippen molar-refractivity contribution in [2.24, 2.45) is 0 Å². The smallest absolute Gasteiger partial charge is 0.264 e. The van der Waals surface area contributed by atoms with Gasteiger partial charge in [0.1, 0.15) is 0 Å². The van der Waals surface area contributed by atoms with E-state index in [1.165, 1.54) is 0 Å². The molecule has 2 aromatic rings. The van der Waals surface area contributed by atoms with E-state index in [1.54, 1.807) is 12.1 Å². The Bertz CT molecular complexity index is 964. The van der Waals surface area contributed by atoms with Crippen molar-refractivity contribution < 1.29 is 25.9 Å². The normalized spacial score (nSPS) is 12.2. The molecular weight excluding hydrogens is 404 g/mol. The van der Waals surface area contributed by atoms with Gasteiger partial charge in [-0.2, -0.15) is 16.8 Å². The first-order chi connectivity index (χ1) is 12.9. The highest BCUT2D eigenvalue weighted by atomic mass is 32.2. The molecule has 0 fully saturated rings. The minimum Gasteiger partial charge on any atom is -0.399 e. The first-order valence-corrected chi connectivity index (χ1v) is 11.8. The fraction of sp³-hybridized carbons (Fsp3) is 0.333. The molecule has 0 saturated heterocycles. The molecule has 10 heteroatoms. The van der Waals surface area contributed by atoms with E-state index >= 15 is 0 Å². The number of anilines is 2. The fourth-order valence-corrected chi connectivity index (χ4v) is 3.91. The van der Waals surface area contributed by atoms with Crippen molar-refractivity contribution in [1.29, 1.82) is 0 Å². The molecule has 0 amide bonds. The van der Waals surface area contributed by atoms with Gasteiger partial charge >= 0.3 is 0 Å². The van der Waals surface area contributed by atoms with Gasteiger partial charge in [-0.05, 0) is 72.2 Å². The summed E-state index contributed by atoms with van der Waals surface area (Å²) in [6.07, 6.45) is 1.29. The summed E-state index contributed by atoms with van der Waals surface area (Å²) in [4.78, 5) is 0. The molecule has 0 saturated carbocycles. The number of rotatable bonds is 9. The quantitative estimate of drug-likeness (QED) is 0.349. The van der Waals surface area contributed by atoms with E-state index in [-0.39, 0.29) is 24.3 Å². The Morgan fingerprint density at radius 3 is 1.36 bits per heavy atom. The summed E-state index contributed by atoms with van der Waals surface area (Å²) in [6, 6.07) is 10.8. The Hall–Kier alpha value is -2.14. The van der Waals surface area contributed by atoms with Gasteiger partial charge in [-0.15, -0.1) is 0 Å². The van der Waals surface area contributed by atoms with E-state index in [4.69, 9.17) is 20.6 Å². The SMILES string of the molecule is Nc1ccc(-c2ccc(N)c(CCCS(=O)(=O)O)c2)cc1CCCS(=O)(=O)O. The van der Waals surface area contributed by atoms with Gasteiger partial charge in [0.05, 0.1) is 11.5 Å². The van der Waals surface area contributed by atoms with E-state index in [0.29, 0.717) is 24.2 Å². The molecule has 0 bridgehead atoms. The van der Waals surface area contributed by atoms with E-state index < -0.39 is 20.2 Å². The van der Waals surface area contributed by atoms with Crippen molar-refractivity contribution in [3.63, 3.8) is 0 Å². The Morgan fingerprint density at radius 1 is 0.679 bits per heavy atom. The van der Waals surface area contributed by atoms with Gasteiger partial charge < -0.3 is 11.5 Å². The van der Waals surface area contributed by atoms with Crippen LogP contribution in [0.2, 0.25) is 0 Å². The van der Waals surface area contributed by atoms with E-state index in [0.717, 1.165) is 22.3 Å². The van der Waals surface area contributed by atoms with Crippen LogP contribution in [0.5, 0.6) is 0 Å². The minimum atomic E-state index is -4.01. The van der Waals surface area contributed by atoms with Crippen molar-refractivity contribution in [1.82, 2.24) is 0 Å². The largest absolute Gasteiger partial charge is 0.399 e. The highest BCUT2D eigenvalue weighted by Crippen LogP contribution is 2.28. The van der Waals surface area contributed by atoms with Gasteiger partial charge in [0.25, 0.3) is 20.2 Å². The van der Waals surface area contributed by atoms with Crippen LogP contribution in [0.4, 0.5) is 11.4 Å². The number of nitrogens with two attached hydrogens (primary N) is 2. The average Bonchev–Trinajstić information content (AvgIpc) is 2.56. The Balaban J connectivity index is 2.20. The Morgan fingerprint density at radius 2 is 1.04 bits per heavy atom. The maximum Gasteiger partial charge on any atom is 0.264 e. The third kappa shape index (κ3) is 7.12. The van der Waals surface area contributed by atoms with Gasteiger partial charge in [0, 0.05) is 11.4 Å². The minimum absolute atomic E-state index is 0.245. The predicted octanol–water partition coefficient (Wildman–Crippen LogP) is 2.16. The van der Waals surface area contributed by atoms with Crippen LogP contribution in [-0.2, 0) is 33.1 Å². The van der Waals surface area contributed by atoms with Gasteiger partial charge in [-0.3, -0.25) is 9.11 Å². The molecule has 0 aliphatic carbocycles. The molecule has 154 valence electrons. The Labute approximate surface area is 165 Å². The molecule has 0 heterocycles. The lowest BCUT2D eigenvalue weighted by Gasteiger charge is -2.12. The highest BCUT2D eigenvalue weighted by Gasteiger charge is 2.10. The first-order valence-electron chi connectivity index (χ1n) is 8.62. The molecule has 28 heavy (non-hydrogen) atoms. The second-order valence-corrected chi connectivity index (χ2v) is 9.75. The van der Waals surface area contributed by atoms with Crippen LogP contribution in [0, 0.1) is 0 Å². The van der Waals surface area contributed by atoms with E-state index in [2.05, 4.69) is 0 Å². The van der Waals surface area contributed by atoms with Crippen LogP contribution >= 0.6 is 0 Å². The lowest BCUT2D eigenvalue weighted by Crippen LogP contribution is -2.06. The standard InChI is InChI=1S/C18H24N2O6S2/c19-17-7-5-13(11-15(17)3-1-9-27(21,22)23)14-6-8-18(20)16(12-14)4-2-10-28(24,25)26/h5-8,11-12H,1-4,9-10,19-20H2,(H,21,22,23)(H,24,25,26). The molecule has 0 radical (unpaired) electrons. The highest BCUT2D eigenvalue weighted by molar-refractivity contribution is 7.86. The summed E-state index contributed by atoms with van der Waals surface area (Å²) >= 11 is 0. The molecule has 8 nitrogen and oxygen atoms in total. The summed E-state index contributed by atoms with van der Waals surface area (Å²) in [5.41, 5.74) is 16.2. The van der Waals surface area contributed by atoms with Crippen LogP contribution in [0.1, 0.15) is 24.0 Å². The van der Waals surface area contributed by atoms with Crippen molar-refractivity contribution >= 4 is 31.6 Å². The van der Waals surface area contributed by atoms with Crippen LogP contribution in [0.15, 0.2) is 36.4 Å². The second kappa shape index (κ2) is 8.91. The van der Waals surface area contributed by atoms with Gasteiger partial charge in [0.2, 0.25) is 0 Å². The van der Waals surface area contributed by atoms with Crippen LogP contribution in [0.25, 0.3) is 11.1 Å². The van der Waals surface area contributed by atoms with Crippen molar-refractivity contribution in [3.8, 4) is 11.1 Å². The summed E-state index contributed by atoms with van der Waals surface area (Å²) < 4.78 is 61.2. The van der Waals surface area contributed by atoms with Crippen molar-refractivity contribution in [2.75, 3.05) is 23.0 Å². The lowest BCUT2D eigenvalue weighted by atomic mass is 9.96. The number of nitrogen functional groups attached to an aromatic ring is 2. The molecule has 0 atom stereocenters. The van der Waals surface area contributed by atoms with Crippen LogP contribution < -0.4 is 11.5 Å². The molecule has 0 aliphatic heterocycles. The lowest BCUT2D eigenvalue weighted by molar-refractivity contribution is 0.479. The van der Waals surface area contributed by atoms with Crippen LogP contribution in [-0.4, -0.2) is 37.4 Å². The zero-order valence-electron chi connectivity index (χ0n) is 15.2. The number of hydrogen-bond donors (Lipinski definition) is 4. The molecule has 6 N–H and O–H groups in total. The summed E-state index contributed by atoms with van der Waals surface area (Å²) in [5, 5.41) is 0. The fourth-order valence-electron chi connectivity index (χ4n) is 2.89. The van der Waals surface area contributed by atoms with Crippen molar-refractivity contribution in [2.45, 2.75) is 25.7 Å². The molecule has 2 rings (SSSR count). The first kappa shape index (κ1) is 22.2. The zero-order chi connectivity index (χ0) is 20.9. The third-order valence-electron chi connectivity index (χ3n) is 4.32. The molecule has 0 aromatic heterocycles. The maximum absolute atomic E-state index is 10.9. The van der Waals surface area contributed by atoms with Crippen molar-refractivity contribution in [3.05, 3.63) is 47.5 Å². The average molecular weight is 429 g/mol. The number of hydrogen-bond acceptors (Lipinski definition) is 6. The van der Waals surface area contributed by atoms with Gasteiger partial charge in [0.15, 0.2) is 0 Å². The topological polar surface area (TPSA) is 161 Å². The van der Waals surface area contributed by atoms with Crippen LogP contribution in [0.3, 0.4) is 0 Å². The summed E-state index contributed by atoms with van der Waals surface area (Å²) in [7, 11) is -8.03. The maximum atomic E-state index is 10.9. The molecule has 2 aromatic carbocycles. The summed E-state index contributed by atoms with van der Waals surface area (Å²) in [5.74, 6) is -0.674. The third-order valence-corrected chi connectivity index (χ3v) is 5.93. The molecule has 0 unspecified atom stereocenters. The zero-order valence-corrected chi connectivity index (χ0v) is 16.8. The van der Waals surface area contributed by atoms with Gasteiger partial charge in [-0.1, -0.05) is 12.1 Å². The molecule has 0 spiro atoms. The Kier molecular flexibility index (Phi) is 7.05. The number of aryl methyl sites for hydroxylation is 2. The monoisotopic (exact) mass is 428 g/mol.